The lowest BCUT2D eigenvalue weighted by Crippen LogP contribution is -2.39. The Hall–Kier alpha value is -2.33. The van der Waals surface area contributed by atoms with Crippen LogP contribution in [0.15, 0.2) is 41.3 Å². The highest BCUT2D eigenvalue weighted by Crippen LogP contribution is 2.43. The highest BCUT2D eigenvalue weighted by atomic mass is 32.2. The Morgan fingerprint density at radius 2 is 1.69 bits per heavy atom. The van der Waals surface area contributed by atoms with Crippen LogP contribution in [-0.2, 0) is 26.0 Å². The molecule has 1 N–H and O–H groups in total. The van der Waals surface area contributed by atoms with Gasteiger partial charge in [0.15, 0.2) is 17.8 Å². The second kappa shape index (κ2) is 11.0. The van der Waals surface area contributed by atoms with Gasteiger partial charge in [0.1, 0.15) is 0 Å². The first-order valence-electron chi connectivity index (χ1n) is 10.8. The van der Waals surface area contributed by atoms with E-state index < -0.39 is 16.3 Å². The zero-order valence-corrected chi connectivity index (χ0v) is 19.6. The van der Waals surface area contributed by atoms with Crippen molar-refractivity contribution in [3.05, 3.63) is 47.5 Å². The van der Waals surface area contributed by atoms with Crippen LogP contribution in [0.25, 0.3) is 0 Å². The lowest BCUT2D eigenvalue weighted by atomic mass is 10.1. The van der Waals surface area contributed by atoms with E-state index in [0.717, 1.165) is 18.4 Å². The summed E-state index contributed by atoms with van der Waals surface area (Å²) in [5.41, 5.74) is 1.36. The highest BCUT2D eigenvalue weighted by molar-refractivity contribution is 7.89. The molecular weight excluding hydrogens is 434 g/mol. The van der Waals surface area contributed by atoms with Gasteiger partial charge < -0.3 is 24.1 Å². The van der Waals surface area contributed by atoms with Gasteiger partial charge in [-0.3, -0.25) is 0 Å². The molecule has 0 fully saturated rings. The van der Waals surface area contributed by atoms with Gasteiger partial charge in [-0.15, -0.1) is 0 Å². The molecule has 0 atom stereocenters. The second-order valence-electron chi connectivity index (χ2n) is 7.59. The van der Waals surface area contributed by atoms with E-state index >= 15 is 0 Å². The fourth-order valence-electron chi connectivity index (χ4n) is 3.24. The smallest absolute Gasteiger partial charge is 0.243 e. The van der Waals surface area contributed by atoms with Crippen molar-refractivity contribution < 1.29 is 32.5 Å². The summed E-state index contributed by atoms with van der Waals surface area (Å²) in [5, 5.41) is 10.7. The normalized spacial score (nSPS) is 13.3. The Morgan fingerprint density at radius 3 is 2.31 bits per heavy atom. The second-order valence-corrected chi connectivity index (χ2v) is 9.53. The number of ether oxygens (including phenoxy) is 4. The first-order chi connectivity index (χ1) is 15.4. The standard InChI is InChI=1S/C23H31NO7S/c1-4-12-28-21(29-13-5-2)15-24(32(26,27)19-9-6-17(3)7-10-19)14-18-8-11-20-23(22(18)25)31-16-30-20/h6-11,21,25H,4-5,12-16H2,1-3H3. The Bertz CT molecular complexity index is 984. The maximum Gasteiger partial charge on any atom is 0.243 e. The molecule has 0 aliphatic carbocycles. The summed E-state index contributed by atoms with van der Waals surface area (Å²) in [7, 11) is -3.90. The van der Waals surface area contributed by atoms with Gasteiger partial charge in [0.2, 0.25) is 22.6 Å². The van der Waals surface area contributed by atoms with Crippen LogP contribution in [-0.4, -0.2) is 50.7 Å². The van der Waals surface area contributed by atoms with Crippen molar-refractivity contribution in [2.45, 2.75) is 51.3 Å². The Labute approximate surface area is 189 Å². The summed E-state index contributed by atoms with van der Waals surface area (Å²) in [6, 6.07) is 9.95. The van der Waals surface area contributed by atoms with Gasteiger partial charge >= 0.3 is 0 Å². The quantitative estimate of drug-likeness (QED) is 0.477. The summed E-state index contributed by atoms with van der Waals surface area (Å²) in [6.45, 7) is 6.64. The number of hydrogen-bond acceptors (Lipinski definition) is 7. The van der Waals surface area contributed by atoms with Gasteiger partial charge in [0.05, 0.1) is 11.4 Å². The Balaban J connectivity index is 1.94. The van der Waals surface area contributed by atoms with Crippen LogP contribution in [0.3, 0.4) is 0 Å². The zero-order valence-electron chi connectivity index (χ0n) is 18.7. The lowest BCUT2D eigenvalue weighted by Gasteiger charge is -2.27. The molecule has 8 nitrogen and oxygen atoms in total. The molecule has 0 saturated heterocycles. The SMILES string of the molecule is CCCOC(CN(Cc1ccc2c(c1O)OCO2)S(=O)(=O)c1ccc(C)cc1)OCCC. The summed E-state index contributed by atoms with van der Waals surface area (Å²) in [4.78, 5) is 0.160. The third kappa shape index (κ3) is 5.72. The molecule has 1 aliphatic heterocycles. The van der Waals surface area contributed by atoms with E-state index in [-0.39, 0.29) is 36.3 Å². The number of benzene rings is 2. The van der Waals surface area contributed by atoms with Gasteiger partial charge in [0.25, 0.3) is 0 Å². The topological polar surface area (TPSA) is 94.5 Å². The minimum Gasteiger partial charge on any atom is -0.504 e. The van der Waals surface area contributed by atoms with E-state index in [9.17, 15) is 13.5 Å². The molecule has 3 rings (SSSR count). The molecule has 1 heterocycles. The van der Waals surface area contributed by atoms with Crippen molar-refractivity contribution in [2.24, 2.45) is 0 Å². The predicted molar refractivity (Wildman–Crippen MR) is 119 cm³/mol. The number of hydrogen-bond donors (Lipinski definition) is 1. The molecule has 176 valence electrons. The Kier molecular flexibility index (Phi) is 8.36. The monoisotopic (exact) mass is 465 g/mol. The fourth-order valence-corrected chi connectivity index (χ4v) is 4.65. The van der Waals surface area contributed by atoms with Crippen LogP contribution in [0.5, 0.6) is 17.2 Å². The third-order valence-corrected chi connectivity index (χ3v) is 6.80. The largest absolute Gasteiger partial charge is 0.504 e. The van der Waals surface area contributed by atoms with Crippen molar-refractivity contribution in [2.75, 3.05) is 26.6 Å². The summed E-state index contributed by atoms with van der Waals surface area (Å²) < 4.78 is 50.6. The van der Waals surface area contributed by atoms with E-state index in [1.165, 1.54) is 4.31 Å². The average Bonchev–Trinajstić information content (AvgIpc) is 3.26. The first-order valence-corrected chi connectivity index (χ1v) is 12.2. The maximum absolute atomic E-state index is 13.6. The summed E-state index contributed by atoms with van der Waals surface area (Å²) >= 11 is 0. The number of fused-ring (bicyclic) bond motifs is 1. The number of aryl methyl sites for hydroxylation is 1. The van der Waals surface area contributed by atoms with Crippen molar-refractivity contribution in [1.82, 2.24) is 4.31 Å². The minimum atomic E-state index is -3.90. The first kappa shape index (κ1) is 24.3. The fraction of sp³-hybridized carbons (Fsp3) is 0.478. The molecule has 0 spiro atoms. The van der Waals surface area contributed by atoms with E-state index in [2.05, 4.69) is 0 Å². The summed E-state index contributed by atoms with van der Waals surface area (Å²) in [6.07, 6.45) is 0.825. The van der Waals surface area contributed by atoms with Gasteiger partial charge in [0, 0.05) is 25.3 Å². The number of phenolic OH excluding ortho intramolecular Hbond substituents is 1. The lowest BCUT2D eigenvalue weighted by molar-refractivity contribution is -0.147. The van der Waals surface area contributed by atoms with Crippen LogP contribution in [0.4, 0.5) is 0 Å². The van der Waals surface area contributed by atoms with Crippen LogP contribution in [0, 0.1) is 6.92 Å². The zero-order chi connectivity index (χ0) is 23.1. The minimum absolute atomic E-state index is 0.00944. The molecular formula is C23H31NO7S. The highest BCUT2D eigenvalue weighted by Gasteiger charge is 2.30. The van der Waals surface area contributed by atoms with Gasteiger partial charge in [-0.05, 0) is 38.0 Å². The number of nitrogens with zero attached hydrogens (tertiary/aromatic N) is 1. The van der Waals surface area contributed by atoms with E-state index in [4.69, 9.17) is 18.9 Å². The molecule has 0 bridgehead atoms. The predicted octanol–water partition coefficient (Wildman–Crippen LogP) is 3.80. The van der Waals surface area contributed by atoms with Crippen LogP contribution in [0.2, 0.25) is 0 Å². The van der Waals surface area contributed by atoms with Gasteiger partial charge in [-0.2, -0.15) is 4.31 Å². The van der Waals surface area contributed by atoms with E-state index in [0.29, 0.717) is 24.5 Å². The number of rotatable bonds is 12. The number of sulfonamides is 1. The van der Waals surface area contributed by atoms with Crippen LogP contribution in [0.1, 0.15) is 37.8 Å². The molecule has 0 unspecified atom stereocenters. The number of phenols is 1. The van der Waals surface area contributed by atoms with Crippen molar-refractivity contribution >= 4 is 10.0 Å². The molecule has 32 heavy (non-hydrogen) atoms. The molecule has 0 saturated carbocycles. The summed E-state index contributed by atoms with van der Waals surface area (Å²) in [5.74, 6) is 0.510. The maximum atomic E-state index is 13.6. The molecule has 2 aromatic rings. The van der Waals surface area contributed by atoms with Crippen molar-refractivity contribution in [3.8, 4) is 17.2 Å². The van der Waals surface area contributed by atoms with Crippen molar-refractivity contribution in [3.63, 3.8) is 0 Å². The molecule has 1 aliphatic rings. The van der Waals surface area contributed by atoms with Gasteiger partial charge in [-0.1, -0.05) is 37.6 Å². The van der Waals surface area contributed by atoms with E-state index in [1.807, 2.05) is 20.8 Å². The van der Waals surface area contributed by atoms with Crippen molar-refractivity contribution in [1.29, 1.82) is 0 Å². The average molecular weight is 466 g/mol. The van der Waals surface area contributed by atoms with Gasteiger partial charge in [-0.25, -0.2) is 8.42 Å². The third-order valence-electron chi connectivity index (χ3n) is 4.97. The molecule has 0 radical (unpaired) electrons. The molecule has 2 aromatic carbocycles. The molecule has 0 amide bonds. The van der Waals surface area contributed by atoms with E-state index in [1.54, 1.807) is 36.4 Å². The number of aromatic hydroxyl groups is 1. The molecule has 0 aromatic heterocycles. The molecule has 9 heteroatoms. The van der Waals surface area contributed by atoms with Crippen LogP contribution < -0.4 is 9.47 Å². The van der Waals surface area contributed by atoms with Crippen LogP contribution >= 0.6 is 0 Å². The Morgan fingerprint density at radius 1 is 1.03 bits per heavy atom.